The van der Waals surface area contributed by atoms with E-state index in [1.807, 2.05) is 0 Å². The van der Waals surface area contributed by atoms with Gasteiger partial charge < -0.3 is 14.6 Å². The van der Waals surface area contributed by atoms with E-state index in [0.717, 1.165) is 6.42 Å². The standard InChI is InChI=1S/C13H17FO3/c14-11-5-2-1-4-10(11)12(15)6-7-13-16-8-3-9-17-13/h1-2,4-5,12-13,15H,3,6-9H2. The molecule has 1 aromatic rings. The van der Waals surface area contributed by atoms with Crippen LogP contribution in [-0.2, 0) is 9.47 Å². The lowest BCUT2D eigenvalue weighted by Crippen LogP contribution is -2.25. The van der Waals surface area contributed by atoms with Crippen LogP contribution in [0.4, 0.5) is 4.39 Å². The van der Waals surface area contributed by atoms with Crippen molar-refractivity contribution < 1.29 is 19.0 Å². The molecule has 0 aromatic heterocycles. The van der Waals surface area contributed by atoms with Gasteiger partial charge in [0.15, 0.2) is 6.29 Å². The van der Waals surface area contributed by atoms with Crippen LogP contribution in [0.3, 0.4) is 0 Å². The molecule has 2 rings (SSSR count). The molecule has 4 heteroatoms. The molecule has 1 fully saturated rings. The first-order chi connectivity index (χ1) is 8.27. The summed E-state index contributed by atoms with van der Waals surface area (Å²) in [6, 6.07) is 6.28. The number of hydrogen-bond donors (Lipinski definition) is 1. The Balaban J connectivity index is 1.84. The van der Waals surface area contributed by atoms with E-state index in [4.69, 9.17) is 9.47 Å². The minimum absolute atomic E-state index is 0.259. The number of aliphatic hydroxyl groups excluding tert-OH is 1. The molecule has 1 unspecified atom stereocenters. The second-order valence-corrected chi connectivity index (χ2v) is 4.14. The number of halogens is 1. The molecule has 0 amide bonds. The van der Waals surface area contributed by atoms with Crippen LogP contribution in [0.1, 0.15) is 30.9 Å². The summed E-state index contributed by atoms with van der Waals surface area (Å²) in [6.45, 7) is 1.39. The van der Waals surface area contributed by atoms with Gasteiger partial charge in [0.25, 0.3) is 0 Å². The van der Waals surface area contributed by atoms with Crippen molar-refractivity contribution in [3.8, 4) is 0 Å². The van der Waals surface area contributed by atoms with Crippen LogP contribution in [0.2, 0.25) is 0 Å². The van der Waals surface area contributed by atoms with Crippen molar-refractivity contribution in [2.45, 2.75) is 31.7 Å². The fraction of sp³-hybridized carbons (Fsp3) is 0.538. The summed E-state index contributed by atoms with van der Waals surface area (Å²) in [5.74, 6) is -0.370. The molecule has 0 saturated carbocycles. The molecule has 94 valence electrons. The Kier molecular flexibility index (Phi) is 4.48. The Morgan fingerprint density at radius 3 is 2.71 bits per heavy atom. The zero-order chi connectivity index (χ0) is 12.1. The summed E-state index contributed by atoms with van der Waals surface area (Å²) in [6.07, 6.45) is 0.864. The highest BCUT2D eigenvalue weighted by molar-refractivity contribution is 5.19. The van der Waals surface area contributed by atoms with Crippen LogP contribution in [0, 0.1) is 5.82 Å². The highest BCUT2D eigenvalue weighted by atomic mass is 19.1. The minimum Gasteiger partial charge on any atom is -0.388 e. The molecule has 0 bridgehead atoms. The molecule has 0 aliphatic carbocycles. The fourth-order valence-corrected chi connectivity index (χ4v) is 1.90. The van der Waals surface area contributed by atoms with E-state index in [1.165, 1.54) is 6.07 Å². The van der Waals surface area contributed by atoms with Gasteiger partial charge in [-0.05, 0) is 18.9 Å². The molecule has 1 atom stereocenters. The van der Waals surface area contributed by atoms with Gasteiger partial charge in [0, 0.05) is 12.0 Å². The van der Waals surface area contributed by atoms with Gasteiger partial charge in [0.1, 0.15) is 5.82 Å². The van der Waals surface area contributed by atoms with Gasteiger partial charge in [-0.3, -0.25) is 0 Å². The predicted molar refractivity (Wildman–Crippen MR) is 60.9 cm³/mol. The number of rotatable bonds is 4. The van der Waals surface area contributed by atoms with E-state index >= 15 is 0 Å². The SMILES string of the molecule is OC(CCC1OCCCO1)c1ccccc1F. The quantitative estimate of drug-likeness (QED) is 0.878. The van der Waals surface area contributed by atoms with Crippen LogP contribution in [0.25, 0.3) is 0 Å². The maximum Gasteiger partial charge on any atom is 0.157 e. The smallest absolute Gasteiger partial charge is 0.157 e. The molecular weight excluding hydrogens is 223 g/mol. The molecule has 1 aliphatic heterocycles. The summed E-state index contributed by atoms with van der Waals surface area (Å²) in [5, 5.41) is 9.88. The van der Waals surface area contributed by atoms with E-state index in [0.29, 0.717) is 31.6 Å². The van der Waals surface area contributed by atoms with Crippen LogP contribution in [0.15, 0.2) is 24.3 Å². The average Bonchev–Trinajstić information content (AvgIpc) is 2.38. The maximum atomic E-state index is 13.4. The molecule has 3 nitrogen and oxygen atoms in total. The van der Waals surface area contributed by atoms with Crippen LogP contribution in [-0.4, -0.2) is 24.6 Å². The van der Waals surface area contributed by atoms with Crippen molar-refractivity contribution in [1.29, 1.82) is 0 Å². The van der Waals surface area contributed by atoms with Gasteiger partial charge in [-0.15, -0.1) is 0 Å². The molecule has 0 radical (unpaired) electrons. The first-order valence-electron chi connectivity index (χ1n) is 5.93. The van der Waals surface area contributed by atoms with Gasteiger partial charge in [-0.2, -0.15) is 0 Å². The fourth-order valence-electron chi connectivity index (χ4n) is 1.90. The zero-order valence-electron chi connectivity index (χ0n) is 9.64. The summed E-state index contributed by atoms with van der Waals surface area (Å²) in [5.41, 5.74) is 0.336. The molecule has 1 aromatic carbocycles. The lowest BCUT2D eigenvalue weighted by atomic mass is 10.0. The second-order valence-electron chi connectivity index (χ2n) is 4.14. The lowest BCUT2D eigenvalue weighted by Gasteiger charge is -2.24. The zero-order valence-corrected chi connectivity index (χ0v) is 9.64. The van der Waals surface area contributed by atoms with Gasteiger partial charge in [0.2, 0.25) is 0 Å². The molecule has 1 heterocycles. The molecular formula is C13H17FO3. The van der Waals surface area contributed by atoms with Crippen molar-refractivity contribution >= 4 is 0 Å². The molecule has 1 N–H and O–H groups in total. The maximum absolute atomic E-state index is 13.4. The minimum atomic E-state index is -0.801. The number of aliphatic hydroxyl groups is 1. The van der Waals surface area contributed by atoms with Gasteiger partial charge in [-0.25, -0.2) is 4.39 Å². The van der Waals surface area contributed by atoms with E-state index in [9.17, 15) is 9.50 Å². The third-order valence-corrected chi connectivity index (χ3v) is 2.84. The summed E-state index contributed by atoms with van der Waals surface area (Å²) < 4.78 is 24.1. The second kappa shape index (κ2) is 6.10. The summed E-state index contributed by atoms with van der Waals surface area (Å²) in [4.78, 5) is 0. The van der Waals surface area contributed by atoms with Crippen molar-refractivity contribution in [3.63, 3.8) is 0 Å². The summed E-state index contributed by atoms with van der Waals surface area (Å²) >= 11 is 0. The van der Waals surface area contributed by atoms with Gasteiger partial charge in [0.05, 0.1) is 19.3 Å². The first kappa shape index (κ1) is 12.5. The van der Waals surface area contributed by atoms with E-state index in [-0.39, 0.29) is 12.1 Å². The van der Waals surface area contributed by atoms with Crippen molar-refractivity contribution in [2.75, 3.05) is 13.2 Å². The Hall–Kier alpha value is -0.970. The predicted octanol–water partition coefficient (Wildman–Crippen LogP) is 2.40. The number of hydrogen-bond acceptors (Lipinski definition) is 3. The Morgan fingerprint density at radius 2 is 2.00 bits per heavy atom. The summed E-state index contributed by atoms with van der Waals surface area (Å²) in [7, 11) is 0. The highest BCUT2D eigenvalue weighted by Crippen LogP contribution is 2.23. The van der Waals surface area contributed by atoms with Crippen molar-refractivity contribution in [3.05, 3.63) is 35.6 Å². The number of benzene rings is 1. The Labute approximate surface area is 100 Å². The van der Waals surface area contributed by atoms with Crippen molar-refractivity contribution in [1.82, 2.24) is 0 Å². The van der Waals surface area contributed by atoms with E-state index in [2.05, 4.69) is 0 Å². The van der Waals surface area contributed by atoms with Gasteiger partial charge in [-0.1, -0.05) is 18.2 Å². The van der Waals surface area contributed by atoms with E-state index in [1.54, 1.807) is 18.2 Å². The highest BCUT2D eigenvalue weighted by Gasteiger charge is 2.18. The molecule has 1 saturated heterocycles. The monoisotopic (exact) mass is 240 g/mol. The lowest BCUT2D eigenvalue weighted by molar-refractivity contribution is -0.183. The van der Waals surface area contributed by atoms with Crippen LogP contribution in [0.5, 0.6) is 0 Å². The third-order valence-electron chi connectivity index (χ3n) is 2.84. The number of ether oxygens (including phenoxy) is 2. The third kappa shape index (κ3) is 3.49. The topological polar surface area (TPSA) is 38.7 Å². The molecule has 0 spiro atoms. The first-order valence-corrected chi connectivity index (χ1v) is 5.93. The van der Waals surface area contributed by atoms with Crippen LogP contribution >= 0.6 is 0 Å². The average molecular weight is 240 g/mol. The molecule has 1 aliphatic rings. The Morgan fingerprint density at radius 1 is 1.29 bits per heavy atom. The van der Waals surface area contributed by atoms with Gasteiger partial charge >= 0.3 is 0 Å². The van der Waals surface area contributed by atoms with Crippen LogP contribution < -0.4 is 0 Å². The molecule has 17 heavy (non-hydrogen) atoms. The normalized spacial score (nSPS) is 19.2. The Bertz CT molecular complexity index is 350. The van der Waals surface area contributed by atoms with Crippen molar-refractivity contribution in [2.24, 2.45) is 0 Å². The van der Waals surface area contributed by atoms with E-state index < -0.39 is 6.10 Å². The largest absolute Gasteiger partial charge is 0.388 e.